The first-order valence-electron chi connectivity index (χ1n) is 7.89. The Kier molecular flexibility index (Phi) is 5.18. The second kappa shape index (κ2) is 7.09. The summed E-state index contributed by atoms with van der Waals surface area (Å²) in [6.07, 6.45) is 1.65. The lowest BCUT2D eigenvalue weighted by molar-refractivity contribution is 0.345. The molecule has 1 saturated heterocycles. The summed E-state index contributed by atoms with van der Waals surface area (Å²) in [4.78, 5) is -0.353. The summed E-state index contributed by atoms with van der Waals surface area (Å²) in [6.45, 7) is -0.0211. The van der Waals surface area contributed by atoms with Crippen LogP contribution < -0.4 is 0 Å². The standard InChI is InChI=1S/C16H17F2NO5S2/c17-15-4-3-14(10-16(15)18)26(22,23)19-7-5-13(6-8-19)25(20,21)11-12-2-1-9-24-12/h1-4,9-10,13H,5-8,11H2. The molecule has 1 aromatic heterocycles. The summed E-state index contributed by atoms with van der Waals surface area (Å²) >= 11 is 0. The molecule has 2 aromatic rings. The fourth-order valence-electron chi connectivity index (χ4n) is 2.93. The number of furan rings is 1. The Morgan fingerprint density at radius 2 is 1.73 bits per heavy atom. The highest BCUT2D eigenvalue weighted by Crippen LogP contribution is 2.26. The molecule has 3 rings (SSSR count). The van der Waals surface area contributed by atoms with E-state index in [-0.39, 0.29) is 36.6 Å². The summed E-state index contributed by atoms with van der Waals surface area (Å²) in [5, 5.41) is -0.677. The Bertz CT molecular complexity index is 980. The lowest BCUT2D eigenvalue weighted by Crippen LogP contribution is -2.42. The van der Waals surface area contributed by atoms with Gasteiger partial charge in [0.2, 0.25) is 10.0 Å². The van der Waals surface area contributed by atoms with Crippen molar-refractivity contribution in [2.45, 2.75) is 28.7 Å². The molecule has 10 heteroatoms. The van der Waals surface area contributed by atoms with Gasteiger partial charge in [0, 0.05) is 13.1 Å². The molecule has 26 heavy (non-hydrogen) atoms. The van der Waals surface area contributed by atoms with E-state index in [0.29, 0.717) is 11.8 Å². The van der Waals surface area contributed by atoms with Gasteiger partial charge in [-0.25, -0.2) is 25.6 Å². The molecular weight excluding hydrogens is 388 g/mol. The van der Waals surface area contributed by atoms with Crippen molar-refractivity contribution in [3.8, 4) is 0 Å². The van der Waals surface area contributed by atoms with E-state index in [9.17, 15) is 25.6 Å². The van der Waals surface area contributed by atoms with Crippen molar-refractivity contribution >= 4 is 19.9 Å². The quantitative estimate of drug-likeness (QED) is 0.762. The van der Waals surface area contributed by atoms with Gasteiger partial charge in [-0.2, -0.15) is 4.31 Å². The highest BCUT2D eigenvalue weighted by molar-refractivity contribution is 7.91. The van der Waals surface area contributed by atoms with Gasteiger partial charge in [0.15, 0.2) is 21.5 Å². The summed E-state index contributed by atoms with van der Waals surface area (Å²) in [5.74, 6) is -2.28. The lowest BCUT2D eigenvalue weighted by atomic mass is 10.2. The van der Waals surface area contributed by atoms with Crippen LogP contribution in [0.5, 0.6) is 0 Å². The van der Waals surface area contributed by atoms with E-state index in [1.165, 1.54) is 6.26 Å². The predicted octanol–water partition coefficient (Wildman–Crippen LogP) is 2.33. The zero-order valence-electron chi connectivity index (χ0n) is 13.6. The fourth-order valence-corrected chi connectivity index (χ4v) is 6.14. The number of piperidine rings is 1. The van der Waals surface area contributed by atoms with Crippen LogP contribution in [0.1, 0.15) is 18.6 Å². The SMILES string of the molecule is O=S(=O)(Cc1ccco1)C1CCN(S(=O)(=O)c2ccc(F)c(F)c2)CC1. The van der Waals surface area contributed by atoms with Crippen LogP contribution in [-0.4, -0.2) is 39.5 Å². The minimum atomic E-state index is -4.01. The average molecular weight is 405 g/mol. The monoisotopic (exact) mass is 405 g/mol. The number of hydrogen-bond donors (Lipinski definition) is 0. The maximum absolute atomic E-state index is 13.3. The van der Waals surface area contributed by atoms with Crippen molar-refractivity contribution in [3.05, 3.63) is 54.0 Å². The van der Waals surface area contributed by atoms with Gasteiger partial charge in [0.1, 0.15) is 11.5 Å². The molecule has 0 amide bonds. The van der Waals surface area contributed by atoms with Crippen molar-refractivity contribution in [1.29, 1.82) is 0 Å². The molecule has 6 nitrogen and oxygen atoms in total. The smallest absolute Gasteiger partial charge is 0.243 e. The topological polar surface area (TPSA) is 84.7 Å². The molecule has 0 unspecified atom stereocenters. The highest BCUT2D eigenvalue weighted by atomic mass is 32.2. The molecule has 1 fully saturated rings. The first-order valence-corrected chi connectivity index (χ1v) is 11.0. The molecule has 1 aromatic carbocycles. The fraction of sp³-hybridized carbons (Fsp3) is 0.375. The van der Waals surface area contributed by atoms with Crippen molar-refractivity contribution in [1.82, 2.24) is 4.31 Å². The minimum absolute atomic E-state index is 0.0105. The van der Waals surface area contributed by atoms with E-state index in [1.807, 2.05) is 0 Å². The van der Waals surface area contributed by atoms with E-state index >= 15 is 0 Å². The zero-order chi connectivity index (χ0) is 18.9. The summed E-state index contributed by atoms with van der Waals surface area (Å²) < 4.78 is 82.5. The molecular formula is C16H17F2NO5S2. The molecule has 0 saturated carbocycles. The van der Waals surface area contributed by atoms with Gasteiger partial charge in [0.05, 0.1) is 16.4 Å². The van der Waals surface area contributed by atoms with E-state index in [1.54, 1.807) is 12.1 Å². The zero-order valence-corrected chi connectivity index (χ0v) is 15.3. The molecule has 2 heterocycles. The third-order valence-corrected chi connectivity index (χ3v) is 8.43. The van der Waals surface area contributed by atoms with Crippen molar-refractivity contribution in [2.75, 3.05) is 13.1 Å². The first kappa shape index (κ1) is 19.0. The van der Waals surface area contributed by atoms with E-state index in [4.69, 9.17) is 4.42 Å². The Morgan fingerprint density at radius 3 is 2.31 bits per heavy atom. The van der Waals surface area contributed by atoms with Gasteiger partial charge in [-0.3, -0.25) is 0 Å². The number of hydrogen-bond acceptors (Lipinski definition) is 5. The van der Waals surface area contributed by atoms with Gasteiger partial charge in [0.25, 0.3) is 0 Å². The van der Waals surface area contributed by atoms with Crippen molar-refractivity contribution < 1.29 is 30.0 Å². The maximum atomic E-state index is 13.3. The number of benzene rings is 1. The molecule has 142 valence electrons. The average Bonchev–Trinajstić information content (AvgIpc) is 3.09. The Hall–Kier alpha value is -1.78. The molecule has 0 radical (unpaired) electrons. The lowest BCUT2D eigenvalue weighted by Gasteiger charge is -2.30. The van der Waals surface area contributed by atoms with E-state index < -0.39 is 36.7 Å². The second-order valence-electron chi connectivity index (χ2n) is 6.07. The Labute approximate surface area is 150 Å². The predicted molar refractivity (Wildman–Crippen MR) is 89.5 cm³/mol. The largest absolute Gasteiger partial charge is 0.468 e. The van der Waals surface area contributed by atoms with Crippen LogP contribution in [0.15, 0.2) is 45.9 Å². The van der Waals surface area contributed by atoms with Gasteiger partial charge < -0.3 is 4.42 Å². The van der Waals surface area contributed by atoms with Crippen molar-refractivity contribution in [2.24, 2.45) is 0 Å². The second-order valence-corrected chi connectivity index (χ2v) is 10.3. The molecule has 0 aliphatic carbocycles. The highest BCUT2D eigenvalue weighted by Gasteiger charge is 2.35. The maximum Gasteiger partial charge on any atom is 0.243 e. The van der Waals surface area contributed by atoms with E-state index in [0.717, 1.165) is 16.4 Å². The van der Waals surface area contributed by atoms with Gasteiger partial charge in [-0.05, 0) is 43.2 Å². The molecule has 0 atom stereocenters. The van der Waals surface area contributed by atoms with Crippen LogP contribution in [-0.2, 0) is 25.6 Å². The first-order chi connectivity index (χ1) is 12.2. The van der Waals surface area contributed by atoms with Crippen LogP contribution in [0.2, 0.25) is 0 Å². The molecule has 0 bridgehead atoms. The van der Waals surface area contributed by atoms with Crippen LogP contribution in [0.4, 0.5) is 8.78 Å². The molecule has 0 N–H and O–H groups in total. The third kappa shape index (κ3) is 3.81. The minimum Gasteiger partial charge on any atom is -0.468 e. The number of nitrogens with zero attached hydrogens (tertiary/aromatic N) is 1. The molecule has 0 spiro atoms. The number of halogens is 2. The number of sulfonamides is 1. The summed E-state index contributed by atoms with van der Waals surface area (Å²) in [5.41, 5.74) is 0. The van der Waals surface area contributed by atoms with Crippen molar-refractivity contribution in [3.63, 3.8) is 0 Å². The molecule has 1 aliphatic heterocycles. The molecule has 1 aliphatic rings. The third-order valence-electron chi connectivity index (χ3n) is 4.36. The Balaban J connectivity index is 1.70. The summed E-state index contributed by atoms with van der Waals surface area (Å²) in [6, 6.07) is 5.54. The summed E-state index contributed by atoms with van der Waals surface area (Å²) in [7, 11) is -7.48. The Morgan fingerprint density at radius 1 is 1.04 bits per heavy atom. The van der Waals surface area contributed by atoms with Gasteiger partial charge >= 0.3 is 0 Å². The van der Waals surface area contributed by atoms with E-state index in [2.05, 4.69) is 0 Å². The van der Waals surface area contributed by atoms with Crippen LogP contribution in [0.3, 0.4) is 0 Å². The number of sulfone groups is 1. The van der Waals surface area contributed by atoms with Crippen LogP contribution >= 0.6 is 0 Å². The van der Waals surface area contributed by atoms with Gasteiger partial charge in [-0.1, -0.05) is 0 Å². The number of rotatable bonds is 5. The van der Waals surface area contributed by atoms with Crippen LogP contribution in [0, 0.1) is 11.6 Å². The van der Waals surface area contributed by atoms with Gasteiger partial charge in [-0.15, -0.1) is 0 Å². The van der Waals surface area contributed by atoms with Crippen LogP contribution in [0.25, 0.3) is 0 Å². The normalized spacial score (nSPS) is 17.5.